The fourth-order valence-electron chi connectivity index (χ4n) is 3.04. The molecule has 7 nitrogen and oxygen atoms in total. The number of alkyl halides is 3. The lowest BCUT2D eigenvalue weighted by atomic mass is 10.1. The standard InChI is InChI=1S/C24H17F3N4O3S/c25-24(26,27)16-9-6-10-17(13-16)28-20(32)14-35-23-31-30-22(34-23)18-11-4-5-12-19(18)29-21(33)15-7-2-1-3-8-15/h1-13H,14H2,(H,28,32)(H,29,33). The van der Waals surface area contributed by atoms with E-state index in [4.69, 9.17) is 4.42 Å². The van der Waals surface area contributed by atoms with Gasteiger partial charge in [0.05, 0.1) is 22.6 Å². The number of carbonyl (C=O) groups is 2. The minimum Gasteiger partial charge on any atom is -0.411 e. The van der Waals surface area contributed by atoms with Crippen LogP contribution in [0.2, 0.25) is 0 Å². The van der Waals surface area contributed by atoms with E-state index in [0.717, 1.165) is 23.9 Å². The molecule has 0 saturated carbocycles. The second-order valence-corrected chi connectivity index (χ2v) is 8.08. The van der Waals surface area contributed by atoms with E-state index in [1.165, 1.54) is 12.1 Å². The third kappa shape index (κ3) is 6.27. The summed E-state index contributed by atoms with van der Waals surface area (Å²) >= 11 is 0.928. The van der Waals surface area contributed by atoms with Crippen LogP contribution in [0, 0.1) is 0 Å². The third-order valence-electron chi connectivity index (χ3n) is 4.65. The van der Waals surface area contributed by atoms with Crippen LogP contribution in [0.1, 0.15) is 15.9 Å². The van der Waals surface area contributed by atoms with Gasteiger partial charge in [0.15, 0.2) is 0 Å². The molecule has 0 spiro atoms. The maximum atomic E-state index is 12.8. The van der Waals surface area contributed by atoms with E-state index in [0.29, 0.717) is 16.8 Å². The summed E-state index contributed by atoms with van der Waals surface area (Å²) < 4.78 is 44.1. The highest BCUT2D eigenvalue weighted by atomic mass is 32.2. The van der Waals surface area contributed by atoms with Gasteiger partial charge >= 0.3 is 6.18 Å². The van der Waals surface area contributed by atoms with Crippen LogP contribution < -0.4 is 10.6 Å². The maximum Gasteiger partial charge on any atom is 0.416 e. The van der Waals surface area contributed by atoms with Gasteiger partial charge in [-0.05, 0) is 42.5 Å². The number of nitrogens with one attached hydrogen (secondary N) is 2. The Hall–Kier alpha value is -4.12. The summed E-state index contributed by atoms with van der Waals surface area (Å²) in [6.45, 7) is 0. The number of aromatic nitrogens is 2. The molecular formula is C24H17F3N4O3S. The summed E-state index contributed by atoms with van der Waals surface area (Å²) in [4.78, 5) is 24.7. The van der Waals surface area contributed by atoms with Crippen LogP contribution in [0.3, 0.4) is 0 Å². The van der Waals surface area contributed by atoms with Gasteiger partial charge in [-0.25, -0.2) is 0 Å². The summed E-state index contributed by atoms with van der Waals surface area (Å²) in [5.74, 6) is -0.873. The zero-order valence-electron chi connectivity index (χ0n) is 17.9. The Kier molecular flexibility index (Phi) is 7.16. The van der Waals surface area contributed by atoms with Gasteiger partial charge in [-0.1, -0.05) is 48.2 Å². The number of thioether (sulfide) groups is 1. The minimum absolute atomic E-state index is 0.0275. The molecule has 0 aliphatic heterocycles. The molecule has 2 N–H and O–H groups in total. The van der Waals surface area contributed by atoms with Crippen molar-refractivity contribution in [1.82, 2.24) is 10.2 Å². The first-order valence-corrected chi connectivity index (χ1v) is 11.2. The molecule has 0 aliphatic carbocycles. The Morgan fingerprint density at radius 1 is 0.886 bits per heavy atom. The predicted molar refractivity (Wildman–Crippen MR) is 125 cm³/mol. The van der Waals surface area contributed by atoms with E-state index < -0.39 is 17.6 Å². The summed E-state index contributed by atoms with van der Waals surface area (Å²) in [7, 11) is 0. The number of halogens is 3. The van der Waals surface area contributed by atoms with Gasteiger partial charge < -0.3 is 15.1 Å². The highest BCUT2D eigenvalue weighted by molar-refractivity contribution is 7.99. The molecule has 0 saturated heterocycles. The first-order valence-electron chi connectivity index (χ1n) is 10.2. The van der Waals surface area contributed by atoms with Crippen molar-refractivity contribution in [3.63, 3.8) is 0 Å². The molecule has 1 aromatic heterocycles. The van der Waals surface area contributed by atoms with Crippen LogP contribution in [0.5, 0.6) is 0 Å². The van der Waals surface area contributed by atoms with Crippen molar-refractivity contribution in [1.29, 1.82) is 0 Å². The number of rotatable bonds is 7. The third-order valence-corrected chi connectivity index (χ3v) is 5.47. The largest absolute Gasteiger partial charge is 0.416 e. The normalized spacial score (nSPS) is 11.2. The molecule has 0 radical (unpaired) electrons. The van der Waals surface area contributed by atoms with Crippen molar-refractivity contribution in [3.05, 3.63) is 90.0 Å². The van der Waals surface area contributed by atoms with Crippen molar-refractivity contribution in [3.8, 4) is 11.5 Å². The van der Waals surface area contributed by atoms with Gasteiger partial charge in [-0.3, -0.25) is 9.59 Å². The second-order valence-electron chi connectivity index (χ2n) is 7.15. The first kappa shape index (κ1) is 24.0. The van der Waals surface area contributed by atoms with Gasteiger partial charge in [-0.15, -0.1) is 10.2 Å². The van der Waals surface area contributed by atoms with E-state index in [9.17, 15) is 22.8 Å². The molecule has 35 heavy (non-hydrogen) atoms. The van der Waals surface area contributed by atoms with Crippen molar-refractivity contribution in [2.24, 2.45) is 0 Å². The van der Waals surface area contributed by atoms with Crippen molar-refractivity contribution >= 4 is 35.0 Å². The highest BCUT2D eigenvalue weighted by Gasteiger charge is 2.30. The molecule has 178 valence electrons. The van der Waals surface area contributed by atoms with Crippen LogP contribution in [-0.4, -0.2) is 27.8 Å². The molecule has 1 heterocycles. The number of carbonyl (C=O) groups excluding carboxylic acids is 2. The Bertz CT molecular complexity index is 1340. The lowest BCUT2D eigenvalue weighted by molar-refractivity contribution is -0.137. The van der Waals surface area contributed by atoms with Crippen LogP contribution in [-0.2, 0) is 11.0 Å². The molecule has 0 aliphatic rings. The van der Waals surface area contributed by atoms with Gasteiger partial charge in [0.1, 0.15) is 0 Å². The Morgan fingerprint density at radius 2 is 1.63 bits per heavy atom. The van der Waals surface area contributed by atoms with Gasteiger partial charge in [0.25, 0.3) is 17.0 Å². The molecule has 0 unspecified atom stereocenters. The zero-order chi connectivity index (χ0) is 24.8. The summed E-state index contributed by atoms with van der Waals surface area (Å²) in [6.07, 6.45) is -4.51. The number of benzene rings is 3. The van der Waals surface area contributed by atoms with Gasteiger partial charge in [0.2, 0.25) is 5.91 Å². The first-order chi connectivity index (χ1) is 16.8. The topological polar surface area (TPSA) is 97.1 Å². The zero-order valence-corrected chi connectivity index (χ0v) is 18.7. The SMILES string of the molecule is O=C(CSc1nnc(-c2ccccc2NC(=O)c2ccccc2)o1)Nc1cccc(C(F)(F)F)c1. The Morgan fingerprint density at radius 3 is 2.40 bits per heavy atom. The molecule has 4 rings (SSSR count). The van der Waals surface area contributed by atoms with Gasteiger partial charge in [0, 0.05) is 11.3 Å². The predicted octanol–water partition coefficient (Wildman–Crippen LogP) is 5.74. The van der Waals surface area contributed by atoms with E-state index in [-0.39, 0.29) is 28.5 Å². The highest BCUT2D eigenvalue weighted by Crippen LogP contribution is 2.31. The number of hydrogen-bond acceptors (Lipinski definition) is 6. The Labute approximate surface area is 201 Å². The lowest BCUT2D eigenvalue weighted by Gasteiger charge is -2.09. The molecule has 0 bridgehead atoms. The average Bonchev–Trinajstić information content (AvgIpc) is 3.32. The smallest absolute Gasteiger partial charge is 0.411 e. The number of hydrogen-bond donors (Lipinski definition) is 2. The van der Waals surface area contributed by atoms with Crippen molar-refractivity contribution < 1.29 is 27.2 Å². The minimum atomic E-state index is -4.51. The van der Waals surface area contributed by atoms with Crippen LogP contribution in [0.4, 0.5) is 24.5 Å². The number of anilines is 2. The molecule has 2 amide bonds. The average molecular weight is 498 g/mol. The quantitative estimate of drug-likeness (QED) is 0.316. The van der Waals surface area contributed by atoms with Crippen LogP contribution in [0.25, 0.3) is 11.5 Å². The fourth-order valence-corrected chi connectivity index (χ4v) is 3.60. The maximum absolute atomic E-state index is 12.8. The van der Waals surface area contributed by atoms with E-state index in [1.54, 1.807) is 48.5 Å². The van der Waals surface area contributed by atoms with E-state index >= 15 is 0 Å². The van der Waals surface area contributed by atoms with E-state index in [2.05, 4.69) is 20.8 Å². The molecule has 4 aromatic rings. The molecule has 11 heteroatoms. The number of para-hydroxylation sites is 1. The number of nitrogens with zero attached hydrogens (tertiary/aromatic N) is 2. The van der Waals surface area contributed by atoms with Gasteiger partial charge in [-0.2, -0.15) is 13.2 Å². The number of amides is 2. The van der Waals surface area contributed by atoms with Crippen LogP contribution in [0.15, 0.2) is 88.5 Å². The molecule has 0 fully saturated rings. The van der Waals surface area contributed by atoms with Crippen molar-refractivity contribution in [2.75, 3.05) is 16.4 Å². The summed E-state index contributed by atoms with van der Waals surface area (Å²) in [5.41, 5.74) is 0.603. The molecular weight excluding hydrogens is 481 g/mol. The molecule has 0 atom stereocenters. The lowest BCUT2D eigenvalue weighted by Crippen LogP contribution is -2.15. The summed E-state index contributed by atoms with van der Waals surface area (Å²) in [5, 5.41) is 13.2. The fraction of sp³-hybridized carbons (Fsp3) is 0.0833. The van der Waals surface area contributed by atoms with Crippen LogP contribution >= 0.6 is 11.8 Å². The second kappa shape index (κ2) is 10.4. The van der Waals surface area contributed by atoms with E-state index in [1.807, 2.05) is 6.07 Å². The summed E-state index contributed by atoms with van der Waals surface area (Å²) in [6, 6.07) is 19.9. The molecule has 3 aromatic carbocycles. The monoisotopic (exact) mass is 498 g/mol. The van der Waals surface area contributed by atoms with Crippen molar-refractivity contribution in [2.45, 2.75) is 11.4 Å². The Balaban J connectivity index is 1.39.